The number of Topliss-reactive ketones (excluding diaryl/α,β-unsaturated/α-hetero) is 1. The minimum Gasteiger partial charge on any atom is -0.314 e. The molecule has 25 heavy (non-hydrogen) atoms. The van der Waals surface area contributed by atoms with Crippen LogP contribution in [0.15, 0.2) is 24.5 Å². The third-order valence-corrected chi connectivity index (χ3v) is 5.02. The van der Waals surface area contributed by atoms with Crippen LogP contribution in [-0.4, -0.2) is 38.4 Å². The number of aryl methyl sites for hydroxylation is 1. The van der Waals surface area contributed by atoms with E-state index in [1.165, 1.54) is 6.33 Å². The van der Waals surface area contributed by atoms with Gasteiger partial charge in [-0.3, -0.25) is 9.89 Å². The highest BCUT2D eigenvalue weighted by molar-refractivity contribution is 6.00. The molecule has 7 nitrogen and oxygen atoms in total. The molecule has 0 radical (unpaired) electrons. The molecular weight excluding hydrogens is 318 g/mol. The maximum atomic E-state index is 12.8. The molecule has 1 aliphatic carbocycles. The van der Waals surface area contributed by atoms with Crippen LogP contribution >= 0.6 is 0 Å². The number of piperidine rings is 1. The van der Waals surface area contributed by atoms with E-state index in [1.807, 2.05) is 18.2 Å². The third-order valence-electron chi connectivity index (χ3n) is 5.02. The number of fused-ring (bicyclic) bond motifs is 1. The molecule has 2 aliphatic rings. The van der Waals surface area contributed by atoms with Gasteiger partial charge in [-0.1, -0.05) is 6.07 Å². The zero-order valence-electron chi connectivity index (χ0n) is 14.0. The van der Waals surface area contributed by atoms with Crippen LogP contribution in [0.25, 0.3) is 0 Å². The van der Waals surface area contributed by atoms with Crippen LogP contribution in [0.2, 0.25) is 0 Å². The number of amides is 2. The van der Waals surface area contributed by atoms with Crippen molar-refractivity contribution in [2.24, 2.45) is 0 Å². The molecule has 2 heterocycles. The molecule has 0 bridgehead atoms. The Morgan fingerprint density at radius 3 is 3.00 bits per heavy atom. The predicted molar refractivity (Wildman–Crippen MR) is 92.4 cm³/mol. The number of H-pyrrole nitrogens is 1. The van der Waals surface area contributed by atoms with E-state index in [0.717, 1.165) is 49.1 Å². The number of carbonyl (C=O) groups excluding carboxylic acids is 2. The van der Waals surface area contributed by atoms with E-state index in [4.69, 9.17) is 0 Å². The number of aromatic nitrogens is 3. The van der Waals surface area contributed by atoms with Gasteiger partial charge in [0, 0.05) is 24.2 Å². The normalized spacial score (nSPS) is 20.2. The number of urea groups is 1. The van der Waals surface area contributed by atoms with Crippen molar-refractivity contribution in [3.05, 3.63) is 41.5 Å². The van der Waals surface area contributed by atoms with Gasteiger partial charge in [-0.2, -0.15) is 5.10 Å². The van der Waals surface area contributed by atoms with Gasteiger partial charge in [-0.25, -0.2) is 9.78 Å². The first kappa shape index (κ1) is 15.8. The minimum absolute atomic E-state index is 0.0875. The molecule has 1 fully saturated rings. The van der Waals surface area contributed by atoms with Crippen LogP contribution in [0, 0.1) is 0 Å². The monoisotopic (exact) mass is 339 g/mol. The Labute approximate surface area is 145 Å². The van der Waals surface area contributed by atoms with Crippen molar-refractivity contribution in [1.29, 1.82) is 0 Å². The lowest BCUT2D eigenvalue weighted by atomic mass is 9.90. The molecule has 0 spiro atoms. The summed E-state index contributed by atoms with van der Waals surface area (Å²) in [6.07, 6.45) is 6.78. The van der Waals surface area contributed by atoms with Gasteiger partial charge in [0.05, 0.1) is 6.04 Å². The smallest absolute Gasteiger partial charge is 0.314 e. The first-order chi connectivity index (χ1) is 12.2. The molecule has 0 unspecified atom stereocenters. The number of hydrogen-bond acceptors (Lipinski definition) is 4. The van der Waals surface area contributed by atoms with E-state index in [9.17, 15) is 9.59 Å². The Hall–Kier alpha value is -2.70. The van der Waals surface area contributed by atoms with Crippen molar-refractivity contribution >= 4 is 17.5 Å². The number of likely N-dealkylation sites (tertiary alicyclic amines) is 1. The number of nitrogens with zero attached hydrogens (tertiary/aromatic N) is 3. The summed E-state index contributed by atoms with van der Waals surface area (Å²) in [5.74, 6) is 0.880. The predicted octanol–water partition coefficient (Wildman–Crippen LogP) is 3.08. The minimum atomic E-state index is -0.163. The topological polar surface area (TPSA) is 91.0 Å². The Kier molecular flexibility index (Phi) is 4.21. The zero-order valence-corrected chi connectivity index (χ0v) is 14.0. The molecule has 7 heteroatoms. The van der Waals surface area contributed by atoms with Crippen molar-refractivity contribution in [3.63, 3.8) is 0 Å². The second kappa shape index (κ2) is 6.66. The van der Waals surface area contributed by atoms with Gasteiger partial charge in [0.25, 0.3) is 0 Å². The number of benzene rings is 1. The Balaban J connectivity index is 1.53. The summed E-state index contributed by atoms with van der Waals surface area (Å²) in [5, 5.41) is 9.72. The summed E-state index contributed by atoms with van der Waals surface area (Å²) in [6, 6.07) is 5.39. The lowest BCUT2D eigenvalue weighted by Gasteiger charge is -2.34. The molecule has 0 saturated carbocycles. The summed E-state index contributed by atoms with van der Waals surface area (Å²) in [5.41, 5.74) is 2.49. The van der Waals surface area contributed by atoms with Gasteiger partial charge in [-0.15, -0.1) is 0 Å². The van der Waals surface area contributed by atoms with E-state index in [1.54, 1.807) is 4.90 Å². The number of ketones is 1. The van der Waals surface area contributed by atoms with Crippen LogP contribution in [0.1, 0.15) is 59.9 Å². The average Bonchev–Trinajstić information content (AvgIpc) is 3.17. The number of anilines is 1. The number of nitrogens with one attached hydrogen (secondary N) is 2. The number of rotatable bonds is 2. The molecule has 1 aromatic heterocycles. The molecule has 2 N–H and O–H groups in total. The van der Waals surface area contributed by atoms with Gasteiger partial charge in [-0.05, 0) is 49.8 Å². The SMILES string of the molecule is O=C1CCCc2ccc(NC(=O)N3CCCC[C@H]3c3ncn[nH]3)cc21. The molecule has 1 aromatic carbocycles. The summed E-state index contributed by atoms with van der Waals surface area (Å²) in [7, 11) is 0. The van der Waals surface area contributed by atoms with Crippen molar-refractivity contribution in [2.75, 3.05) is 11.9 Å². The molecule has 2 aromatic rings. The van der Waals surface area contributed by atoms with Crippen LogP contribution in [-0.2, 0) is 6.42 Å². The summed E-state index contributed by atoms with van der Waals surface area (Å²) < 4.78 is 0. The summed E-state index contributed by atoms with van der Waals surface area (Å²) in [6.45, 7) is 0.682. The fourth-order valence-corrected chi connectivity index (χ4v) is 3.74. The second-order valence-corrected chi connectivity index (χ2v) is 6.65. The van der Waals surface area contributed by atoms with Crippen LogP contribution in [0.4, 0.5) is 10.5 Å². The van der Waals surface area contributed by atoms with Crippen LogP contribution < -0.4 is 5.32 Å². The molecule has 1 saturated heterocycles. The molecular formula is C18H21N5O2. The highest BCUT2D eigenvalue weighted by Crippen LogP contribution is 2.30. The summed E-state index contributed by atoms with van der Waals surface area (Å²) in [4.78, 5) is 30.9. The van der Waals surface area contributed by atoms with E-state index in [-0.39, 0.29) is 17.9 Å². The van der Waals surface area contributed by atoms with Gasteiger partial charge in [0.2, 0.25) is 0 Å². The lowest BCUT2D eigenvalue weighted by Crippen LogP contribution is -2.41. The van der Waals surface area contributed by atoms with Gasteiger partial charge in [0.15, 0.2) is 5.78 Å². The molecule has 4 rings (SSSR count). The van der Waals surface area contributed by atoms with E-state index in [0.29, 0.717) is 18.7 Å². The second-order valence-electron chi connectivity index (χ2n) is 6.65. The lowest BCUT2D eigenvalue weighted by molar-refractivity contribution is 0.0972. The van der Waals surface area contributed by atoms with Crippen LogP contribution in [0.3, 0.4) is 0 Å². The molecule has 1 atom stereocenters. The van der Waals surface area contributed by atoms with Crippen molar-refractivity contribution in [1.82, 2.24) is 20.1 Å². The van der Waals surface area contributed by atoms with Crippen molar-refractivity contribution in [3.8, 4) is 0 Å². The van der Waals surface area contributed by atoms with E-state index in [2.05, 4.69) is 20.5 Å². The average molecular weight is 339 g/mol. The zero-order chi connectivity index (χ0) is 17.2. The Bertz CT molecular complexity index is 787. The number of hydrogen-bond donors (Lipinski definition) is 2. The standard InChI is InChI=1S/C18H21N5O2/c24-16-6-3-4-12-7-8-13(10-14(12)16)21-18(25)23-9-2-1-5-15(23)17-19-11-20-22-17/h7-8,10-11,15H,1-6,9H2,(H,21,25)(H,19,20,22)/t15-/m0/s1. The quantitative estimate of drug-likeness (QED) is 0.879. The molecule has 130 valence electrons. The van der Waals surface area contributed by atoms with Gasteiger partial charge >= 0.3 is 6.03 Å². The highest BCUT2D eigenvalue weighted by Gasteiger charge is 2.30. The maximum Gasteiger partial charge on any atom is 0.322 e. The Morgan fingerprint density at radius 2 is 2.16 bits per heavy atom. The van der Waals surface area contributed by atoms with Gasteiger partial charge < -0.3 is 10.2 Å². The van der Waals surface area contributed by atoms with E-state index >= 15 is 0 Å². The van der Waals surface area contributed by atoms with Crippen molar-refractivity contribution < 1.29 is 9.59 Å². The fourth-order valence-electron chi connectivity index (χ4n) is 3.74. The largest absolute Gasteiger partial charge is 0.322 e. The Morgan fingerprint density at radius 1 is 1.24 bits per heavy atom. The van der Waals surface area contributed by atoms with Crippen LogP contribution in [0.5, 0.6) is 0 Å². The fraction of sp³-hybridized carbons (Fsp3) is 0.444. The number of carbonyl (C=O) groups is 2. The first-order valence-corrected chi connectivity index (χ1v) is 8.81. The van der Waals surface area contributed by atoms with Crippen molar-refractivity contribution in [2.45, 2.75) is 44.6 Å². The highest BCUT2D eigenvalue weighted by atomic mass is 16.2. The first-order valence-electron chi connectivity index (χ1n) is 8.81. The van der Waals surface area contributed by atoms with Gasteiger partial charge in [0.1, 0.15) is 12.2 Å². The number of aromatic amines is 1. The van der Waals surface area contributed by atoms with E-state index < -0.39 is 0 Å². The molecule has 2 amide bonds. The molecule has 1 aliphatic heterocycles. The summed E-state index contributed by atoms with van der Waals surface area (Å²) >= 11 is 0. The third kappa shape index (κ3) is 3.14. The maximum absolute atomic E-state index is 12.8.